The Kier molecular flexibility index (Phi) is 1.94. The summed E-state index contributed by atoms with van der Waals surface area (Å²) in [4.78, 5) is 12.6. The Hall–Kier alpha value is -0.780. The number of hydrogen-bond acceptors (Lipinski definition) is 4. The van der Waals surface area contributed by atoms with Gasteiger partial charge in [-0.15, -0.1) is 0 Å². The van der Waals surface area contributed by atoms with Gasteiger partial charge in [-0.25, -0.2) is 13.2 Å². The number of carbonyl (C=O) groups excluding carboxylic acids is 1. The van der Waals surface area contributed by atoms with Gasteiger partial charge in [-0.3, -0.25) is 0 Å². The average Bonchev–Trinajstić information content (AvgIpc) is 2.56. The summed E-state index contributed by atoms with van der Waals surface area (Å²) >= 11 is 0. The Bertz CT molecular complexity index is 323. The average molecular weight is 205 g/mol. The molecule has 0 spiro atoms. The lowest BCUT2D eigenvalue weighted by Gasteiger charge is -2.18. The number of carbonyl (C=O) groups is 1. The van der Waals surface area contributed by atoms with Gasteiger partial charge in [0.2, 0.25) is 0 Å². The van der Waals surface area contributed by atoms with E-state index in [9.17, 15) is 13.2 Å². The van der Waals surface area contributed by atoms with Gasteiger partial charge in [-0.1, -0.05) is 0 Å². The third-order valence-electron chi connectivity index (χ3n) is 2.44. The maximum atomic E-state index is 11.1. The molecule has 0 aromatic heterocycles. The van der Waals surface area contributed by atoms with Gasteiger partial charge in [0.25, 0.3) is 0 Å². The number of hydrogen-bond donors (Lipinski definition) is 0. The Morgan fingerprint density at radius 2 is 2.23 bits per heavy atom. The third kappa shape index (κ3) is 1.63. The molecule has 0 saturated carbocycles. The zero-order valence-electron chi connectivity index (χ0n) is 7.10. The highest BCUT2D eigenvalue weighted by Gasteiger charge is 2.37. The number of rotatable bonds is 1. The molecule has 5 nitrogen and oxygen atoms in total. The molecule has 6 heteroatoms. The highest BCUT2D eigenvalue weighted by Crippen LogP contribution is 2.20. The van der Waals surface area contributed by atoms with Gasteiger partial charge >= 0.3 is 6.09 Å². The van der Waals surface area contributed by atoms with Gasteiger partial charge in [0, 0.05) is 0 Å². The molecule has 2 aliphatic heterocycles. The largest absolute Gasteiger partial charge is 0.448 e. The molecule has 74 valence electrons. The highest BCUT2D eigenvalue weighted by atomic mass is 32.2. The van der Waals surface area contributed by atoms with Crippen LogP contribution >= 0.6 is 0 Å². The molecule has 1 unspecified atom stereocenters. The molecule has 1 amide bonds. The smallest absolute Gasteiger partial charge is 0.410 e. The second-order valence-electron chi connectivity index (χ2n) is 3.36. The van der Waals surface area contributed by atoms with Gasteiger partial charge in [0.15, 0.2) is 9.84 Å². The fourth-order valence-electron chi connectivity index (χ4n) is 1.76. The number of sulfone groups is 1. The Morgan fingerprint density at radius 1 is 1.46 bits per heavy atom. The number of ether oxygens (including phenoxy) is 1. The standard InChI is InChI=1S/C7H11NO4S/c9-7-8(2-3-12-7)6-1-4-13(10,11)5-6/h6H,1-5H2. The Labute approximate surface area is 76.6 Å². The van der Waals surface area contributed by atoms with E-state index in [2.05, 4.69) is 0 Å². The van der Waals surface area contributed by atoms with Crippen molar-refractivity contribution in [3.05, 3.63) is 0 Å². The lowest BCUT2D eigenvalue weighted by atomic mass is 10.2. The van der Waals surface area contributed by atoms with Crippen molar-refractivity contribution >= 4 is 15.9 Å². The summed E-state index contributed by atoms with van der Waals surface area (Å²) in [5.74, 6) is 0.295. The van der Waals surface area contributed by atoms with E-state index in [-0.39, 0.29) is 23.6 Å². The first-order valence-electron chi connectivity index (χ1n) is 4.22. The highest BCUT2D eigenvalue weighted by molar-refractivity contribution is 7.91. The summed E-state index contributed by atoms with van der Waals surface area (Å²) in [6.07, 6.45) is 0.180. The van der Waals surface area contributed by atoms with Crippen LogP contribution in [0.5, 0.6) is 0 Å². The first kappa shape index (κ1) is 8.80. The van der Waals surface area contributed by atoms with Crippen molar-refractivity contribution in [1.29, 1.82) is 0 Å². The second kappa shape index (κ2) is 2.87. The Morgan fingerprint density at radius 3 is 2.69 bits per heavy atom. The normalized spacial score (nSPS) is 32.2. The van der Waals surface area contributed by atoms with Crippen molar-refractivity contribution in [2.75, 3.05) is 24.7 Å². The van der Waals surface area contributed by atoms with Crippen LogP contribution in [0.25, 0.3) is 0 Å². The molecule has 0 aliphatic carbocycles. The summed E-state index contributed by atoms with van der Waals surface area (Å²) in [6, 6.07) is -0.153. The molecule has 2 rings (SSSR count). The number of nitrogens with zero attached hydrogens (tertiary/aromatic N) is 1. The molecule has 2 fully saturated rings. The molecule has 0 bridgehead atoms. The quantitative estimate of drug-likeness (QED) is 0.585. The van der Waals surface area contributed by atoms with Crippen molar-refractivity contribution in [3.8, 4) is 0 Å². The van der Waals surface area contributed by atoms with E-state index < -0.39 is 9.84 Å². The fourth-order valence-corrected chi connectivity index (χ4v) is 3.49. The summed E-state index contributed by atoms with van der Waals surface area (Å²) in [5, 5.41) is 0. The van der Waals surface area contributed by atoms with Gasteiger partial charge in [-0.05, 0) is 6.42 Å². The molecule has 1 atom stereocenters. The molecule has 0 aromatic rings. The van der Waals surface area contributed by atoms with E-state index in [1.807, 2.05) is 0 Å². The minimum Gasteiger partial charge on any atom is -0.448 e. The predicted octanol–water partition coefficient (Wildman–Crippen LogP) is -0.374. The second-order valence-corrected chi connectivity index (χ2v) is 5.59. The third-order valence-corrected chi connectivity index (χ3v) is 4.19. The number of cyclic esters (lactones) is 1. The van der Waals surface area contributed by atoms with Crippen molar-refractivity contribution in [2.45, 2.75) is 12.5 Å². The van der Waals surface area contributed by atoms with Crippen molar-refractivity contribution in [1.82, 2.24) is 4.90 Å². The van der Waals surface area contributed by atoms with Crippen molar-refractivity contribution in [2.24, 2.45) is 0 Å². The summed E-state index contributed by atoms with van der Waals surface area (Å²) in [5.41, 5.74) is 0. The fraction of sp³-hybridized carbons (Fsp3) is 0.857. The van der Waals surface area contributed by atoms with Crippen LogP contribution in [0.2, 0.25) is 0 Å². The summed E-state index contributed by atoms with van der Waals surface area (Å²) < 4.78 is 27.0. The van der Waals surface area contributed by atoms with Crippen LogP contribution < -0.4 is 0 Å². The van der Waals surface area contributed by atoms with Gasteiger partial charge in [0.1, 0.15) is 6.61 Å². The lowest BCUT2D eigenvalue weighted by Crippen LogP contribution is -2.36. The van der Waals surface area contributed by atoms with E-state index in [4.69, 9.17) is 4.74 Å². The number of amides is 1. The summed E-state index contributed by atoms with van der Waals surface area (Å²) in [6.45, 7) is 0.911. The monoisotopic (exact) mass is 205 g/mol. The van der Waals surface area contributed by atoms with Crippen LogP contribution in [0.4, 0.5) is 4.79 Å². The van der Waals surface area contributed by atoms with Crippen LogP contribution in [-0.4, -0.2) is 50.1 Å². The van der Waals surface area contributed by atoms with Crippen molar-refractivity contribution < 1.29 is 17.9 Å². The van der Waals surface area contributed by atoms with Crippen molar-refractivity contribution in [3.63, 3.8) is 0 Å². The molecular formula is C7H11NO4S. The zero-order chi connectivity index (χ0) is 9.47. The molecule has 13 heavy (non-hydrogen) atoms. The molecule has 2 saturated heterocycles. The maximum Gasteiger partial charge on any atom is 0.410 e. The van der Waals surface area contributed by atoms with E-state index in [1.165, 1.54) is 4.90 Å². The molecule has 2 aliphatic rings. The Balaban J connectivity index is 2.07. The van der Waals surface area contributed by atoms with E-state index in [0.717, 1.165) is 0 Å². The van der Waals surface area contributed by atoms with Crippen LogP contribution in [0.1, 0.15) is 6.42 Å². The first-order chi connectivity index (χ1) is 6.08. The molecule has 2 heterocycles. The van der Waals surface area contributed by atoms with E-state index in [1.54, 1.807) is 0 Å². The minimum absolute atomic E-state index is 0.0993. The van der Waals surface area contributed by atoms with Gasteiger partial charge < -0.3 is 9.64 Å². The van der Waals surface area contributed by atoms with Crippen LogP contribution in [-0.2, 0) is 14.6 Å². The van der Waals surface area contributed by atoms with Crippen LogP contribution in [0.3, 0.4) is 0 Å². The minimum atomic E-state index is -2.91. The molecule has 0 aromatic carbocycles. The predicted molar refractivity (Wildman–Crippen MR) is 45.1 cm³/mol. The lowest BCUT2D eigenvalue weighted by molar-refractivity contribution is 0.150. The van der Waals surface area contributed by atoms with E-state index in [0.29, 0.717) is 19.6 Å². The topological polar surface area (TPSA) is 63.7 Å². The first-order valence-corrected chi connectivity index (χ1v) is 6.04. The molecular weight excluding hydrogens is 194 g/mol. The molecule has 0 N–H and O–H groups in total. The van der Waals surface area contributed by atoms with Crippen LogP contribution in [0, 0.1) is 0 Å². The zero-order valence-corrected chi connectivity index (χ0v) is 7.92. The van der Waals surface area contributed by atoms with Crippen LogP contribution in [0.15, 0.2) is 0 Å². The van der Waals surface area contributed by atoms with Gasteiger partial charge in [0.05, 0.1) is 24.1 Å². The van der Waals surface area contributed by atoms with E-state index >= 15 is 0 Å². The summed E-state index contributed by atoms with van der Waals surface area (Å²) in [7, 11) is -2.91. The SMILES string of the molecule is O=C1OCCN1C1CCS(=O)(=O)C1. The molecule has 0 radical (unpaired) electrons. The van der Waals surface area contributed by atoms with Gasteiger partial charge in [-0.2, -0.15) is 0 Å². The maximum absolute atomic E-state index is 11.1.